The molecule has 1 unspecified atom stereocenters. The standard InChI is InChI=1S/C12H26O3Si/c1-9(10(13)14)12(5,6)15-16(7,8)11(2,3)4/h9H,1-8H3,(H,13,14). The lowest BCUT2D eigenvalue weighted by atomic mass is 9.93. The quantitative estimate of drug-likeness (QED) is 0.772. The molecule has 0 aromatic heterocycles. The van der Waals surface area contributed by atoms with Gasteiger partial charge in [0.05, 0.1) is 11.5 Å². The normalized spacial score (nSPS) is 16.0. The van der Waals surface area contributed by atoms with Crippen molar-refractivity contribution in [3.05, 3.63) is 0 Å². The second-order valence-corrected chi connectivity index (χ2v) is 11.3. The van der Waals surface area contributed by atoms with Gasteiger partial charge in [-0.3, -0.25) is 4.79 Å². The summed E-state index contributed by atoms with van der Waals surface area (Å²) in [5, 5.41) is 9.15. The zero-order valence-electron chi connectivity index (χ0n) is 11.8. The summed E-state index contributed by atoms with van der Waals surface area (Å²) in [4.78, 5) is 11.0. The van der Waals surface area contributed by atoms with E-state index in [1.807, 2.05) is 13.8 Å². The van der Waals surface area contributed by atoms with Crippen molar-refractivity contribution < 1.29 is 14.3 Å². The highest BCUT2D eigenvalue weighted by Gasteiger charge is 2.44. The van der Waals surface area contributed by atoms with E-state index in [2.05, 4.69) is 33.9 Å². The van der Waals surface area contributed by atoms with Gasteiger partial charge in [0.2, 0.25) is 0 Å². The van der Waals surface area contributed by atoms with Crippen LogP contribution in [-0.4, -0.2) is 25.0 Å². The molecule has 0 rings (SSSR count). The lowest BCUT2D eigenvalue weighted by molar-refractivity contribution is -0.147. The van der Waals surface area contributed by atoms with E-state index in [1.54, 1.807) is 6.92 Å². The summed E-state index contributed by atoms with van der Waals surface area (Å²) in [6.45, 7) is 16.2. The summed E-state index contributed by atoms with van der Waals surface area (Å²) in [6, 6.07) is 0. The van der Waals surface area contributed by atoms with E-state index in [4.69, 9.17) is 9.53 Å². The Morgan fingerprint density at radius 1 is 1.19 bits per heavy atom. The third-order valence-electron chi connectivity index (χ3n) is 3.74. The number of aliphatic carboxylic acids is 1. The third-order valence-corrected chi connectivity index (χ3v) is 8.39. The zero-order chi connectivity index (χ0) is 13.4. The molecule has 0 bridgehead atoms. The molecule has 0 heterocycles. The van der Waals surface area contributed by atoms with Crippen LogP contribution in [0.1, 0.15) is 41.5 Å². The predicted octanol–water partition coefficient (Wildman–Crippen LogP) is 3.51. The van der Waals surface area contributed by atoms with Crippen molar-refractivity contribution in [2.45, 2.75) is 65.3 Å². The minimum absolute atomic E-state index is 0.0997. The minimum atomic E-state index is -1.91. The molecule has 0 saturated heterocycles. The van der Waals surface area contributed by atoms with Gasteiger partial charge in [-0.05, 0) is 38.9 Å². The Kier molecular flexibility index (Phi) is 4.39. The molecular weight excluding hydrogens is 220 g/mol. The van der Waals surface area contributed by atoms with Crippen LogP contribution < -0.4 is 0 Å². The van der Waals surface area contributed by atoms with Gasteiger partial charge < -0.3 is 9.53 Å². The average Bonchev–Trinajstić information content (AvgIpc) is 1.98. The maximum absolute atomic E-state index is 11.0. The van der Waals surface area contributed by atoms with Gasteiger partial charge in [-0.15, -0.1) is 0 Å². The molecule has 0 spiro atoms. The summed E-state index contributed by atoms with van der Waals surface area (Å²) in [5.74, 6) is -1.30. The Morgan fingerprint density at radius 3 is 1.81 bits per heavy atom. The fourth-order valence-corrected chi connectivity index (χ4v) is 2.99. The van der Waals surface area contributed by atoms with E-state index in [0.717, 1.165) is 0 Å². The van der Waals surface area contributed by atoms with Gasteiger partial charge >= 0.3 is 5.97 Å². The van der Waals surface area contributed by atoms with Crippen molar-refractivity contribution in [3.63, 3.8) is 0 Å². The Hall–Kier alpha value is -0.353. The largest absolute Gasteiger partial charge is 0.481 e. The van der Waals surface area contributed by atoms with Crippen molar-refractivity contribution in [2.75, 3.05) is 0 Å². The number of hydrogen-bond donors (Lipinski definition) is 1. The Balaban J connectivity index is 4.91. The number of carboxylic acid groups (broad SMARTS) is 1. The lowest BCUT2D eigenvalue weighted by Crippen LogP contribution is -2.51. The molecule has 4 heteroatoms. The molecule has 0 radical (unpaired) electrons. The summed E-state index contributed by atoms with van der Waals surface area (Å²) in [5.41, 5.74) is -0.616. The lowest BCUT2D eigenvalue weighted by Gasteiger charge is -2.44. The number of carboxylic acids is 1. The van der Waals surface area contributed by atoms with Crippen LogP contribution in [-0.2, 0) is 9.22 Å². The molecule has 1 N–H and O–H groups in total. The fraction of sp³-hybridized carbons (Fsp3) is 0.917. The van der Waals surface area contributed by atoms with Crippen LogP contribution in [0.2, 0.25) is 18.1 Å². The summed E-state index contributed by atoms with van der Waals surface area (Å²) >= 11 is 0. The Bertz CT molecular complexity index is 264. The molecule has 0 fully saturated rings. The van der Waals surface area contributed by atoms with Crippen LogP contribution in [0, 0.1) is 5.92 Å². The van der Waals surface area contributed by atoms with Gasteiger partial charge in [0.15, 0.2) is 8.32 Å². The van der Waals surface area contributed by atoms with E-state index >= 15 is 0 Å². The maximum Gasteiger partial charge on any atom is 0.309 e. The van der Waals surface area contributed by atoms with E-state index in [-0.39, 0.29) is 5.04 Å². The summed E-state index contributed by atoms with van der Waals surface area (Å²) in [7, 11) is -1.91. The fourth-order valence-electron chi connectivity index (χ4n) is 1.20. The van der Waals surface area contributed by atoms with Gasteiger partial charge in [0, 0.05) is 0 Å². The second kappa shape index (κ2) is 4.49. The molecule has 16 heavy (non-hydrogen) atoms. The topological polar surface area (TPSA) is 46.5 Å². The van der Waals surface area contributed by atoms with E-state index < -0.39 is 25.8 Å². The highest BCUT2D eigenvalue weighted by atomic mass is 28.4. The molecule has 0 amide bonds. The third kappa shape index (κ3) is 3.59. The van der Waals surface area contributed by atoms with Gasteiger partial charge in [-0.2, -0.15) is 0 Å². The van der Waals surface area contributed by atoms with E-state index in [1.165, 1.54) is 0 Å². The minimum Gasteiger partial charge on any atom is -0.481 e. The Labute approximate surface area is 100 Å². The van der Waals surface area contributed by atoms with Crippen molar-refractivity contribution in [1.82, 2.24) is 0 Å². The predicted molar refractivity (Wildman–Crippen MR) is 69.2 cm³/mol. The Morgan fingerprint density at radius 2 is 1.56 bits per heavy atom. The first-order valence-electron chi connectivity index (χ1n) is 5.74. The molecule has 0 aromatic rings. The van der Waals surface area contributed by atoms with Crippen LogP contribution in [0.15, 0.2) is 0 Å². The van der Waals surface area contributed by atoms with E-state index in [0.29, 0.717) is 0 Å². The van der Waals surface area contributed by atoms with Crippen LogP contribution in [0.25, 0.3) is 0 Å². The van der Waals surface area contributed by atoms with Crippen LogP contribution >= 0.6 is 0 Å². The summed E-state index contributed by atoms with van der Waals surface area (Å²) in [6.07, 6.45) is 0. The van der Waals surface area contributed by atoms with Crippen LogP contribution in [0.4, 0.5) is 0 Å². The number of carbonyl (C=O) groups is 1. The van der Waals surface area contributed by atoms with Gasteiger partial charge in [-0.1, -0.05) is 20.8 Å². The highest BCUT2D eigenvalue weighted by molar-refractivity contribution is 6.74. The van der Waals surface area contributed by atoms with Gasteiger partial charge in [0.1, 0.15) is 0 Å². The average molecular weight is 246 g/mol. The number of hydrogen-bond acceptors (Lipinski definition) is 2. The SMILES string of the molecule is CC(C(=O)O)C(C)(C)O[Si](C)(C)C(C)(C)C. The van der Waals surface area contributed by atoms with Crippen LogP contribution in [0.5, 0.6) is 0 Å². The molecule has 1 atom stereocenters. The first-order valence-corrected chi connectivity index (χ1v) is 8.65. The molecule has 0 saturated carbocycles. The number of rotatable bonds is 4. The zero-order valence-corrected chi connectivity index (χ0v) is 12.8. The van der Waals surface area contributed by atoms with Crippen molar-refractivity contribution >= 4 is 14.3 Å². The summed E-state index contributed by atoms with van der Waals surface area (Å²) < 4.78 is 6.17. The van der Waals surface area contributed by atoms with Crippen LogP contribution in [0.3, 0.4) is 0 Å². The van der Waals surface area contributed by atoms with Crippen molar-refractivity contribution in [3.8, 4) is 0 Å². The smallest absolute Gasteiger partial charge is 0.309 e. The molecule has 96 valence electrons. The first-order chi connectivity index (χ1) is 6.81. The van der Waals surface area contributed by atoms with Gasteiger partial charge in [0.25, 0.3) is 0 Å². The molecule has 0 aliphatic carbocycles. The maximum atomic E-state index is 11.0. The van der Waals surface area contributed by atoms with Crippen molar-refractivity contribution in [1.29, 1.82) is 0 Å². The van der Waals surface area contributed by atoms with Crippen molar-refractivity contribution in [2.24, 2.45) is 5.92 Å². The molecule has 0 aliphatic heterocycles. The molecule has 3 nitrogen and oxygen atoms in total. The molecule has 0 aliphatic rings. The second-order valence-electron chi connectivity index (χ2n) is 6.53. The monoisotopic (exact) mass is 246 g/mol. The van der Waals surface area contributed by atoms with E-state index in [9.17, 15) is 4.79 Å². The molecule has 0 aromatic carbocycles. The highest BCUT2D eigenvalue weighted by Crippen LogP contribution is 2.40. The first kappa shape index (κ1) is 15.6. The van der Waals surface area contributed by atoms with Gasteiger partial charge in [-0.25, -0.2) is 0 Å². The molecular formula is C12H26O3Si.